The Labute approximate surface area is 236 Å². The van der Waals surface area contributed by atoms with Crippen LogP contribution >= 0.6 is 0 Å². The smallest absolute Gasteiger partial charge is 0.204 e. The van der Waals surface area contributed by atoms with Crippen molar-refractivity contribution in [3.63, 3.8) is 0 Å². The highest BCUT2D eigenvalue weighted by atomic mass is 16.5. The third kappa shape index (κ3) is 6.31. The van der Waals surface area contributed by atoms with Gasteiger partial charge in [0.05, 0.1) is 11.8 Å². The third-order valence-electron chi connectivity index (χ3n) is 8.42. The average Bonchev–Trinajstić information content (AvgIpc) is 3.54. The second-order valence-corrected chi connectivity index (χ2v) is 11.1. The van der Waals surface area contributed by atoms with Gasteiger partial charge >= 0.3 is 0 Å². The van der Waals surface area contributed by atoms with Crippen LogP contribution in [-0.2, 0) is 11.3 Å². The lowest BCUT2D eigenvalue weighted by Crippen LogP contribution is -2.47. The van der Waals surface area contributed by atoms with Gasteiger partial charge in [-0.25, -0.2) is 9.98 Å². The SMILES string of the molecule is OC1=c2cccnc2=NC(CCCOCc2ccccc2)N1c1ccc(OC2CCN(C3CCCC3)CC2)cc1. The summed E-state index contributed by atoms with van der Waals surface area (Å²) in [4.78, 5) is 13.9. The van der Waals surface area contributed by atoms with Crippen molar-refractivity contribution in [1.82, 2.24) is 9.88 Å². The molecule has 210 valence electrons. The number of aromatic nitrogens is 1. The zero-order chi connectivity index (χ0) is 27.1. The number of hydrogen-bond acceptors (Lipinski definition) is 7. The van der Waals surface area contributed by atoms with Crippen molar-refractivity contribution in [2.24, 2.45) is 4.99 Å². The predicted octanol–water partition coefficient (Wildman–Crippen LogP) is 4.95. The fourth-order valence-corrected chi connectivity index (χ4v) is 6.27. The molecule has 3 heterocycles. The topological polar surface area (TPSA) is 70.4 Å². The molecular weight excluding hydrogens is 500 g/mol. The Balaban J connectivity index is 1.09. The molecule has 7 heteroatoms. The van der Waals surface area contributed by atoms with E-state index in [9.17, 15) is 5.11 Å². The van der Waals surface area contributed by atoms with Crippen LogP contribution in [-0.4, -0.2) is 53.0 Å². The van der Waals surface area contributed by atoms with Crippen LogP contribution in [0.5, 0.6) is 5.75 Å². The first-order valence-corrected chi connectivity index (χ1v) is 14.9. The zero-order valence-electron chi connectivity index (χ0n) is 23.2. The molecule has 0 amide bonds. The summed E-state index contributed by atoms with van der Waals surface area (Å²) in [6, 6.07) is 22.8. The van der Waals surface area contributed by atoms with Crippen LogP contribution < -0.4 is 20.3 Å². The van der Waals surface area contributed by atoms with Crippen molar-refractivity contribution in [2.75, 3.05) is 24.6 Å². The number of hydrogen-bond donors (Lipinski definition) is 1. The predicted molar refractivity (Wildman–Crippen MR) is 157 cm³/mol. The van der Waals surface area contributed by atoms with Crippen molar-refractivity contribution in [3.05, 3.63) is 89.2 Å². The number of fused-ring (bicyclic) bond motifs is 1. The van der Waals surface area contributed by atoms with Crippen LogP contribution in [0.2, 0.25) is 0 Å². The summed E-state index contributed by atoms with van der Waals surface area (Å²) in [7, 11) is 0. The number of ether oxygens (including phenoxy) is 2. The maximum absolute atomic E-state index is 11.3. The highest BCUT2D eigenvalue weighted by Gasteiger charge is 2.29. The monoisotopic (exact) mass is 540 g/mol. The second kappa shape index (κ2) is 12.8. The van der Waals surface area contributed by atoms with Crippen LogP contribution in [0, 0.1) is 0 Å². The summed E-state index contributed by atoms with van der Waals surface area (Å²) in [6.45, 7) is 3.48. The van der Waals surface area contributed by atoms with E-state index in [1.165, 1.54) is 25.7 Å². The van der Waals surface area contributed by atoms with Crippen molar-refractivity contribution in [3.8, 4) is 5.75 Å². The van der Waals surface area contributed by atoms with Crippen LogP contribution in [0.15, 0.2) is 77.9 Å². The summed E-state index contributed by atoms with van der Waals surface area (Å²) in [6.07, 6.45) is 10.9. The fraction of sp³-hybridized carbons (Fsp3) is 0.455. The van der Waals surface area contributed by atoms with E-state index in [0.29, 0.717) is 23.9 Å². The highest BCUT2D eigenvalue weighted by molar-refractivity contribution is 5.65. The molecule has 3 aromatic rings. The van der Waals surface area contributed by atoms with Gasteiger partial charge in [0, 0.05) is 37.6 Å². The maximum atomic E-state index is 11.3. The minimum atomic E-state index is -0.269. The Morgan fingerprint density at radius 1 is 0.875 bits per heavy atom. The minimum Gasteiger partial charge on any atom is -0.494 e. The standard InChI is InChI=1S/C33H40N4O3/c38-33-30-12-6-20-34-32(30)35-31(13-7-23-39-24-25-8-2-1-3-9-25)37(33)27-14-16-28(17-15-27)40-29-18-21-36(22-19-29)26-10-4-5-11-26/h1-3,6,8-9,12,14-17,20,26,29,31,38H,4-5,7,10-11,13,18-19,21-24H2. The molecule has 2 aliphatic heterocycles. The number of rotatable bonds is 10. The zero-order valence-corrected chi connectivity index (χ0v) is 23.2. The molecule has 0 radical (unpaired) electrons. The summed E-state index contributed by atoms with van der Waals surface area (Å²) in [5, 5.41) is 12.0. The van der Waals surface area contributed by atoms with E-state index in [0.717, 1.165) is 61.8 Å². The molecule has 7 nitrogen and oxygen atoms in total. The van der Waals surface area contributed by atoms with E-state index < -0.39 is 0 Å². The lowest BCUT2D eigenvalue weighted by Gasteiger charge is -2.36. The van der Waals surface area contributed by atoms with E-state index in [2.05, 4.69) is 22.0 Å². The molecule has 1 aliphatic carbocycles. The van der Waals surface area contributed by atoms with Crippen LogP contribution in [0.25, 0.3) is 5.88 Å². The summed E-state index contributed by atoms with van der Waals surface area (Å²) in [5.74, 6) is 1.06. The van der Waals surface area contributed by atoms with Gasteiger partial charge in [-0.1, -0.05) is 43.2 Å². The van der Waals surface area contributed by atoms with Crippen LogP contribution in [0.4, 0.5) is 5.69 Å². The van der Waals surface area contributed by atoms with Gasteiger partial charge in [-0.15, -0.1) is 0 Å². The quantitative estimate of drug-likeness (QED) is 0.367. The molecule has 0 bridgehead atoms. The highest BCUT2D eigenvalue weighted by Crippen LogP contribution is 2.30. The number of aliphatic hydroxyl groups is 1. The maximum Gasteiger partial charge on any atom is 0.204 e. The Morgan fingerprint density at radius 3 is 2.42 bits per heavy atom. The number of piperidine rings is 1. The van der Waals surface area contributed by atoms with Gasteiger partial charge in [0.15, 0.2) is 5.49 Å². The largest absolute Gasteiger partial charge is 0.494 e. The first kappa shape index (κ1) is 26.8. The fourth-order valence-electron chi connectivity index (χ4n) is 6.27. The minimum absolute atomic E-state index is 0.182. The molecule has 0 spiro atoms. The number of pyridine rings is 1. The van der Waals surface area contributed by atoms with Gasteiger partial charge in [-0.3, -0.25) is 4.90 Å². The molecule has 3 aliphatic rings. The molecule has 6 rings (SSSR count). The average molecular weight is 541 g/mol. The van der Waals surface area contributed by atoms with Gasteiger partial charge < -0.3 is 19.5 Å². The molecule has 1 N–H and O–H groups in total. The molecule has 1 saturated carbocycles. The number of anilines is 1. The van der Waals surface area contributed by atoms with Crippen LogP contribution in [0.3, 0.4) is 0 Å². The van der Waals surface area contributed by atoms with Gasteiger partial charge in [0.2, 0.25) is 5.88 Å². The van der Waals surface area contributed by atoms with Crippen LogP contribution in [0.1, 0.15) is 56.9 Å². The second-order valence-electron chi connectivity index (χ2n) is 11.1. The molecule has 2 aromatic carbocycles. The van der Waals surface area contributed by atoms with Gasteiger partial charge in [0.25, 0.3) is 0 Å². The van der Waals surface area contributed by atoms with Gasteiger partial charge in [0.1, 0.15) is 18.0 Å². The molecule has 2 fully saturated rings. The number of nitrogens with zero attached hydrogens (tertiary/aromatic N) is 4. The molecule has 1 unspecified atom stereocenters. The Morgan fingerprint density at radius 2 is 1.65 bits per heavy atom. The summed E-state index contributed by atoms with van der Waals surface area (Å²) < 4.78 is 12.3. The Bertz CT molecular complexity index is 1350. The van der Waals surface area contributed by atoms with Gasteiger partial charge in [-0.2, -0.15) is 0 Å². The van der Waals surface area contributed by atoms with E-state index >= 15 is 0 Å². The first-order chi connectivity index (χ1) is 19.7. The number of aliphatic hydroxyl groups excluding tert-OH is 1. The Hall–Kier alpha value is -3.42. The van der Waals surface area contributed by atoms with E-state index in [1.807, 2.05) is 59.5 Å². The number of likely N-dealkylation sites (tertiary alicyclic amines) is 1. The van der Waals surface area contributed by atoms with Crippen molar-refractivity contribution in [2.45, 2.75) is 76.3 Å². The molecular formula is C33H40N4O3. The van der Waals surface area contributed by atoms with Crippen molar-refractivity contribution in [1.29, 1.82) is 0 Å². The van der Waals surface area contributed by atoms with E-state index in [4.69, 9.17) is 14.5 Å². The lowest BCUT2D eigenvalue weighted by atomic mass is 10.0. The first-order valence-electron chi connectivity index (χ1n) is 14.9. The number of benzene rings is 2. The third-order valence-corrected chi connectivity index (χ3v) is 8.42. The molecule has 1 saturated heterocycles. The summed E-state index contributed by atoms with van der Waals surface area (Å²) >= 11 is 0. The van der Waals surface area contributed by atoms with E-state index in [-0.39, 0.29) is 18.2 Å². The Kier molecular flexibility index (Phi) is 8.59. The van der Waals surface area contributed by atoms with Crippen molar-refractivity contribution < 1.29 is 14.6 Å². The molecule has 40 heavy (non-hydrogen) atoms. The molecule has 1 aromatic heterocycles. The van der Waals surface area contributed by atoms with Gasteiger partial charge in [-0.05, 0) is 80.5 Å². The van der Waals surface area contributed by atoms with E-state index in [1.54, 1.807) is 6.20 Å². The van der Waals surface area contributed by atoms with Crippen molar-refractivity contribution >= 4 is 11.6 Å². The molecule has 1 atom stereocenters. The normalized spacial score (nSPS) is 20.4. The lowest BCUT2D eigenvalue weighted by molar-refractivity contribution is 0.0768. The summed E-state index contributed by atoms with van der Waals surface area (Å²) in [5.41, 5.74) is 2.63.